The van der Waals surface area contributed by atoms with Crippen LogP contribution in [0.3, 0.4) is 0 Å². The maximum absolute atomic E-state index is 13.1. The molecule has 1 amide bonds. The number of carbonyl (C=O) groups excluding carboxylic acids is 1. The summed E-state index contributed by atoms with van der Waals surface area (Å²) < 4.78 is 5.44. The summed E-state index contributed by atoms with van der Waals surface area (Å²) in [7, 11) is 1.62. The van der Waals surface area contributed by atoms with Gasteiger partial charge in [0.1, 0.15) is 5.75 Å². The van der Waals surface area contributed by atoms with Crippen molar-refractivity contribution in [2.75, 3.05) is 38.2 Å². The van der Waals surface area contributed by atoms with Crippen molar-refractivity contribution in [2.24, 2.45) is 17.0 Å². The van der Waals surface area contributed by atoms with Crippen molar-refractivity contribution in [2.45, 2.75) is 33.6 Å². The largest absolute Gasteiger partial charge is 0.496 e. The van der Waals surface area contributed by atoms with E-state index in [-0.39, 0.29) is 11.8 Å². The van der Waals surface area contributed by atoms with Crippen LogP contribution in [0.15, 0.2) is 47.6 Å². The minimum absolute atomic E-state index is 0.150. The lowest BCUT2D eigenvalue weighted by Crippen LogP contribution is -2.50. The van der Waals surface area contributed by atoms with Gasteiger partial charge in [0.15, 0.2) is 0 Å². The van der Waals surface area contributed by atoms with Crippen molar-refractivity contribution in [3.8, 4) is 5.75 Å². The molecule has 33 heavy (non-hydrogen) atoms. The van der Waals surface area contributed by atoms with E-state index in [0.717, 1.165) is 29.9 Å². The molecule has 3 rings (SSSR count). The van der Waals surface area contributed by atoms with Crippen LogP contribution in [0, 0.1) is 11.8 Å². The number of piperazine rings is 1. The SMILES string of the molecule is COc1cc(Cl)ccc1CC(C)C(=O)N1CCN(c2ccccc2C(CC(C)C)=NO)CC1. The molecule has 1 atom stereocenters. The third-order valence-corrected chi connectivity index (χ3v) is 6.30. The van der Waals surface area contributed by atoms with Gasteiger partial charge < -0.3 is 19.7 Å². The standard InChI is InChI=1S/C26H34ClN3O3/c1-18(2)15-23(28-32)22-7-5-6-8-24(22)29-11-13-30(14-12-29)26(31)19(3)16-20-9-10-21(27)17-25(20)33-4/h5-10,17-19,32H,11-16H2,1-4H3. The highest BCUT2D eigenvalue weighted by Gasteiger charge is 2.27. The predicted octanol–water partition coefficient (Wildman–Crippen LogP) is 5.10. The second kappa shape index (κ2) is 11.4. The molecule has 0 spiro atoms. The van der Waals surface area contributed by atoms with Gasteiger partial charge in [-0.1, -0.05) is 61.8 Å². The highest BCUT2D eigenvalue weighted by atomic mass is 35.5. The number of para-hydroxylation sites is 1. The zero-order chi connectivity index (χ0) is 24.0. The molecule has 0 aromatic heterocycles. The van der Waals surface area contributed by atoms with E-state index in [4.69, 9.17) is 16.3 Å². The van der Waals surface area contributed by atoms with Crippen molar-refractivity contribution < 1.29 is 14.7 Å². The Kier molecular flexibility index (Phi) is 8.61. The van der Waals surface area contributed by atoms with Gasteiger partial charge in [-0.3, -0.25) is 4.79 Å². The lowest BCUT2D eigenvalue weighted by atomic mass is 9.97. The number of benzene rings is 2. The molecule has 0 saturated carbocycles. The van der Waals surface area contributed by atoms with E-state index in [2.05, 4.69) is 30.0 Å². The monoisotopic (exact) mass is 471 g/mol. The van der Waals surface area contributed by atoms with Crippen molar-refractivity contribution in [3.63, 3.8) is 0 Å². The lowest BCUT2D eigenvalue weighted by molar-refractivity contribution is -0.135. The van der Waals surface area contributed by atoms with Gasteiger partial charge in [-0.05, 0) is 42.5 Å². The van der Waals surface area contributed by atoms with Crippen LogP contribution in [-0.4, -0.2) is 55.0 Å². The van der Waals surface area contributed by atoms with Crippen molar-refractivity contribution in [1.29, 1.82) is 0 Å². The van der Waals surface area contributed by atoms with Crippen LogP contribution in [-0.2, 0) is 11.2 Å². The summed E-state index contributed by atoms with van der Waals surface area (Å²) in [4.78, 5) is 17.4. The van der Waals surface area contributed by atoms with Crippen LogP contribution in [0.5, 0.6) is 5.75 Å². The minimum Gasteiger partial charge on any atom is -0.496 e. The normalized spacial score (nSPS) is 15.6. The highest BCUT2D eigenvalue weighted by molar-refractivity contribution is 6.30. The third kappa shape index (κ3) is 6.20. The fourth-order valence-corrected chi connectivity index (χ4v) is 4.53. The van der Waals surface area contributed by atoms with Gasteiger partial charge in [-0.25, -0.2) is 0 Å². The predicted molar refractivity (Wildman–Crippen MR) is 134 cm³/mol. The minimum atomic E-state index is -0.155. The zero-order valence-electron chi connectivity index (χ0n) is 19.9. The topological polar surface area (TPSA) is 65.4 Å². The number of halogens is 1. The van der Waals surface area contributed by atoms with Crippen LogP contribution in [0.25, 0.3) is 0 Å². The molecule has 178 valence electrons. The van der Waals surface area contributed by atoms with Crippen LogP contribution >= 0.6 is 11.6 Å². The number of methoxy groups -OCH3 is 1. The molecule has 1 fully saturated rings. The van der Waals surface area contributed by atoms with E-state index in [1.54, 1.807) is 13.2 Å². The number of hydrogen-bond acceptors (Lipinski definition) is 5. The Labute approximate surface area is 201 Å². The molecular formula is C26H34ClN3O3. The van der Waals surface area contributed by atoms with E-state index in [1.165, 1.54) is 0 Å². The number of amides is 1. The number of rotatable bonds is 8. The Balaban J connectivity index is 1.65. The molecule has 1 aliphatic heterocycles. The molecule has 2 aromatic rings. The van der Waals surface area contributed by atoms with Crippen LogP contribution in [0.2, 0.25) is 5.02 Å². The molecule has 1 aliphatic rings. The summed E-state index contributed by atoms with van der Waals surface area (Å²) in [5, 5.41) is 13.8. The Morgan fingerprint density at radius 1 is 1.12 bits per heavy atom. The average Bonchev–Trinajstić information content (AvgIpc) is 2.83. The number of oxime groups is 1. The van der Waals surface area contributed by atoms with E-state index in [0.29, 0.717) is 48.3 Å². The van der Waals surface area contributed by atoms with Crippen LogP contribution in [0.4, 0.5) is 5.69 Å². The summed E-state index contributed by atoms with van der Waals surface area (Å²) >= 11 is 6.06. The van der Waals surface area contributed by atoms with E-state index in [9.17, 15) is 10.0 Å². The fraction of sp³-hybridized carbons (Fsp3) is 0.462. The summed E-state index contributed by atoms with van der Waals surface area (Å²) in [5.41, 5.74) is 3.69. The Bertz CT molecular complexity index is 984. The zero-order valence-corrected chi connectivity index (χ0v) is 20.7. The lowest BCUT2D eigenvalue weighted by Gasteiger charge is -2.38. The van der Waals surface area contributed by atoms with Crippen molar-refractivity contribution in [3.05, 3.63) is 58.6 Å². The quantitative estimate of drug-likeness (QED) is 0.330. The van der Waals surface area contributed by atoms with Gasteiger partial charge in [0.05, 0.1) is 12.8 Å². The van der Waals surface area contributed by atoms with Gasteiger partial charge in [0, 0.05) is 48.4 Å². The second-order valence-electron chi connectivity index (χ2n) is 9.04. The van der Waals surface area contributed by atoms with Gasteiger partial charge in [-0.2, -0.15) is 0 Å². The van der Waals surface area contributed by atoms with E-state index in [1.807, 2.05) is 42.2 Å². The average molecular weight is 472 g/mol. The summed E-state index contributed by atoms with van der Waals surface area (Å²) in [6.45, 7) is 8.97. The van der Waals surface area contributed by atoms with Crippen molar-refractivity contribution >= 4 is 28.9 Å². The van der Waals surface area contributed by atoms with Crippen LogP contribution < -0.4 is 9.64 Å². The molecule has 7 heteroatoms. The maximum atomic E-state index is 13.1. The van der Waals surface area contributed by atoms with E-state index >= 15 is 0 Å². The number of carbonyl (C=O) groups is 1. The number of anilines is 1. The summed E-state index contributed by atoms with van der Waals surface area (Å²) in [6.07, 6.45) is 1.31. The molecule has 1 saturated heterocycles. The number of ether oxygens (including phenoxy) is 1. The third-order valence-electron chi connectivity index (χ3n) is 6.07. The first-order valence-electron chi connectivity index (χ1n) is 11.5. The molecule has 1 N–H and O–H groups in total. The smallest absolute Gasteiger partial charge is 0.225 e. The van der Waals surface area contributed by atoms with E-state index < -0.39 is 0 Å². The molecule has 6 nitrogen and oxygen atoms in total. The number of hydrogen-bond donors (Lipinski definition) is 1. The first-order chi connectivity index (χ1) is 15.8. The van der Waals surface area contributed by atoms with Gasteiger partial charge in [-0.15, -0.1) is 0 Å². The highest BCUT2D eigenvalue weighted by Crippen LogP contribution is 2.28. The molecule has 1 unspecified atom stereocenters. The first-order valence-corrected chi connectivity index (χ1v) is 11.9. The Morgan fingerprint density at radius 2 is 1.82 bits per heavy atom. The molecule has 1 heterocycles. The maximum Gasteiger partial charge on any atom is 0.225 e. The van der Waals surface area contributed by atoms with Gasteiger partial charge in [0.25, 0.3) is 0 Å². The molecule has 2 aromatic carbocycles. The number of nitrogens with zero attached hydrogens (tertiary/aromatic N) is 3. The summed E-state index contributed by atoms with van der Waals surface area (Å²) in [6, 6.07) is 13.6. The molecule has 0 radical (unpaired) electrons. The summed E-state index contributed by atoms with van der Waals surface area (Å²) in [5.74, 6) is 1.10. The van der Waals surface area contributed by atoms with Crippen molar-refractivity contribution in [1.82, 2.24) is 4.90 Å². The second-order valence-corrected chi connectivity index (χ2v) is 9.47. The van der Waals surface area contributed by atoms with Crippen LogP contribution in [0.1, 0.15) is 38.3 Å². The molecular weight excluding hydrogens is 438 g/mol. The van der Waals surface area contributed by atoms with Gasteiger partial charge >= 0.3 is 0 Å². The molecule has 0 aliphatic carbocycles. The molecule has 0 bridgehead atoms. The fourth-order valence-electron chi connectivity index (χ4n) is 4.37. The Morgan fingerprint density at radius 3 is 2.45 bits per heavy atom. The Hall–Kier alpha value is -2.73. The first kappa shape index (κ1) is 24.9. The van der Waals surface area contributed by atoms with Gasteiger partial charge in [0.2, 0.25) is 5.91 Å².